The number of aryl methyl sites for hydroxylation is 1. The van der Waals surface area contributed by atoms with Gasteiger partial charge in [-0.25, -0.2) is 9.37 Å². The van der Waals surface area contributed by atoms with Crippen LogP contribution in [0.15, 0.2) is 23.1 Å². The monoisotopic (exact) mass is 307 g/mol. The van der Waals surface area contributed by atoms with Gasteiger partial charge in [-0.1, -0.05) is 13.0 Å². The number of aromatic nitrogens is 1. The lowest BCUT2D eigenvalue weighted by atomic mass is 10.0. The van der Waals surface area contributed by atoms with Gasteiger partial charge in [-0.05, 0) is 30.7 Å². The SMILES string of the molecule is CCSc1cccc(F)c1-c1nc2c(s1)CCCC2=O. The number of carbonyl (C=O) groups is 1. The summed E-state index contributed by atoms with van der Waals surface area (Å²) in [6, 6.07) is 5.08. The Kier molecular flexibility index (Phi) is 3.89. The lowest BCUT2D eigenvalue weighted by Crippen LogP contribution is -2.08. The van der Waals surface area contributed by atoms with Gasteiger partial charge in [0.25, 0.3) is 0 Å². The van der Waals surface area contributed by atoms with Gasteiger partial charge in [0.05, 0.1) is 5.56 Å². The zero-order valence-corrected chi connectivity index (χ0v) is 12.7. The summed E-state index contributed by atoms with van der Waals surface area (Å²) in [4.78, 5) is 18.2. The maximum atomic E-state index is 14.2. The zero-order valence-electron chi connectivity index (χ0n) is 11.1. The second-order valence-electron chi connectivity index (χ2n) is 4.61. The summed E-state index contributed by atoms with van der Waals surface area (Å²) >= 11 is 3.06. The summed E-state index contributed by atoms with van der Waals surface area (Å²) in [7, 11) is 0. The van der Waals surface area contributed by atoms with Gasteiger partial charge in [0.1, 0.15) is 16.5 Å². The molecular weight excluding hydrogens is 293 g/mol. The number of rotatable bonds is 3. The smallest absolute Gasteiger partial charge is 0.182 e. The Morgan fingerprint density at radius 3 is 3.00 bits per heavy atom. The molecule has 0 saturated carbocycles. The molecule has 0 bridgehead atoms. The van der Waals surface area contributed by atoms with Crippen molar-refractivity contribution >= 4 is 28.9 Å². The number of thiazole rings is 1. The van der Waals surface area contributed by atoms with Crippen molar-refractivity contribution in [3.8, 4) is 10.6 Å². The van der Waals surface area contributed by atoms with Crippen LogP contribution in [0.2, 0.25) is 0 Å². The lowest BCUT2D eigenvalue weighted by Gasteiger charge is -2.06. The maximum absolute atomic E-state index is 14.2. The topological polar surface area (TPSA) is 30.0 Å². The van der Waals surface area contributed by atoms with Gasteiger partial charge in [-0.3, -0.25) is 4.79 Å². The fourth-order valence-corrected chi connectivity index (χ4v) is 4.43. The molecule has 1 aromatic heterocycles. The van der Waals surface area contributed by atoms with Crippen LogP contribution in [0.3, 0.4) is 0 Å². The van der Waals surface area contributed by atoms with Crippen LogP contribution in [0.4, 0.5) is 4.39 Å². The van der Waals surface area contributed by atoms with Crippen LogP contribution in [-0.2, 0) is 6.42 Å². The molecule has 0 aliphatic heterocycles. The summed E-state index contributed by atoms with van der Waals surface area (Å²) in [5.41, 5.74) is 1.11. The van der Waals surface area contributed by atoms with Crippen LogP contribution >= 0.6 is 23.1 Å². The van der Waals surface area contributed by atoms with E-state index in [4.69, 9.17) is 0 Å². The first-order chi connectivity index (χ1) is 9.70. The summed E-state index contributed by atoms with van der Waals surface area (Å²) in [5.74, 6) is 0.706. The van der Waals surface area contributed by atoms with Gasteiger partial charge < -0.3 is 0 Å². The standard InChI is InChI=1S/C15H14FNOS2/c1-2-19-11-7-3-5-9(16)13(11)15-17-14-10(18)6-4-8-12(14)20-15/h3,5,7H,2,4,6,8H2,1H3. The lowest BCUT2D eigenvalue weighted by molar-refractivity contribution is 0.0968. The molecule has 0 atom stereocenters. The Balaban J connectivity index is 2.12. The van der Waals surface area contributed by atoms with E-state index in [9.17, 15) is 9.18 Å². The van der Waals surface area contributed by atoms with Crippen molar-refractivity contribution in [1.82, 2.24) is 4.98 Å². The van der Waals surface area contributed by atoms with E-state index < -0.39 is 0 Å². The van der Waals surface area contributed by atoms with Crippen LogP contribution in [0.5, 0.6) is 0 Å². The molecular formula is C15H14FNOS2. The third-order valence-corrected chi connectivity index (χ3v) is 5.33. The fraction of sp³-hybridized carbons (Fsp3) is 0.333. The average molecular weight is 307 g/mol. The first-order valence-electron chi connectivity index (χ1n) is 6.65. The van der Waals surface area contributed by atoms with Gasteiger partial charge in [0.15, 0.2) is 5.78 Å². The first-order valence-corrected chi connectivity index (χ1v) is 8.45. The van der Waals surface area contributed by atoms with Gasteiger partial charge in [-0.15, -0.1) is 23.1 Å². The van der Waals surface area contributed by atoms with Gasteiger partial charge in [0, 0.05) is 16.2 Å². The Morgan fingerprint density at radius 2 is 2.25 bits per heavy atom. The second-order valence-corrected chi connectivity index (χ2v) is 7.00. The number of hydrogen-bond acceptors (Lipinski definition) is 4. The quantitative estimate of drug-likeness (QED) is 0.777. The number of hydrogen-bond donors (Lipinski definition) is 0. The predicted octanol–water partition coefficient (Wildman–Crippen LogP) is 4.58. The number of fused-ring (bicyclic) bond motifs is 1. The number of ketones is 1. The minimum atomic E-state index is -0.262. The predicted molar refractivity (Wildman–Crippen MR) is 81.2 cm³/mol. The normalized spacial score (nSPS) is 14.4. The molecule has 0 radical (unpaired) electrons. The van der Waals surface area contributed by atoms with Gasteiger partial charge in [0.2, 0.25) is 0 Å². The van der Waals surface area contributed by atoms with Crippen molar-refractivity contribution in [1.29, 1.82) is 0 Å². The van der Waals surface area contributed by atoms with Crippen LogP contribution in [-0.4, -0.2) is 16.5 Å². The highest BCUT2D eigenvalue weighted by Gasteiger charge is 2.24. The Morgan fingerprint density at radius 1 is 1.40 bits per heavy atom. The number of carbonyl (C=O) groups excluding carboxylic acids is 1. The van der Waals surface area contributed by atoms with Crippen molar-refractivity contribution in [3.63, 3.8) is 0 Å². The molecule has 1 heterocycles. The second kappa shape index (κ2) is 5.66. The average Bonchev–Trinajstić information content (AvgIpc) is 2.84. The zero-order chi connectivity index (χ0) is 14.1. The Hall–Kier alpha value is -1.20. The van der Waals surface area contributed by atoms with E-state index in [0.717, 1.165) is 28.4 Å². The number of nitrogens with zero attached hydrogens (tertiary/aromatic N) is 1. The molecule has 104 valence electrons. The molecule has 5 heteroatoms. The Bertz CT molecular complexity index is 666. The number of Topliss-reactive ketones (excluding diaryl/α,β-unsaturated/α-hetero) is 1. The van der Waals surface area contributed by atoms with E-state index in [2.05, 4.69) is 4.98 Å². The van der Waals surface area contributed by atoms with Crippen LogP contribution in [0, 0.1) is 5.82 Å². The van der Waals surface area contributed by atoms with Crippen molar-refractivity contribution in [2.24, 2.45) is 0 Å². The molecule has 20 heavy (non-hydrogen) atoms. The Labute approximate surface area is 125 Å². The van der Waals surface area contributed by atoms with Crippen molar-refractivity contribution in [3.05, 3.63) is 34.6 Å². The molecule has 0 fully saturated rings. The highest BCUT2D eigenvalue weighted by molar-refractivity contribution is 7.99. The van der Waals surface area contributed by atoms with Crippen molar-refractivity contribution in [2.45, 2.75) is 31.1 Å². The maximum Gasteiger partial charge on any atom is 0.182 e. The van der Waals surface area contributed by atoms with E-state index in [1.807, 2.05) is 13.0 Å². The van der Waals surface area contributed by atoms with Crippen molar-refractivity contribution in [2.75, 3.05) is 5.75 Å². The summed E-state index contributed by atoms with van der Waals surface area (Å²) < 4.78 is 14.2. The summed E-state index contributed by atoms with van der Waals surface area (Å²) in [5, 5.41) is 0.638. The molecule has 1 aliphatic rings. The molecule has 2 aromatic rings. The largest absolute Gasteiger partial charge is 0.292 e. The van der Waals surface area contributed by atoms with Gasteiger partial charge in [-0.2, -0.15) is 0 Å². The highest BCUT2D eigenvalue weighted by Crippen LogP contribution is 2.38. The van der Waals surface area contributed by atoms with E-state index in [1.165, 1.54) is 17.4 Å². The summed E-state index contributed by atoms with van der Waals surface area (Å²) in [6.45, 7) is 2.04. The molecule has 1 aromatic carbocycles. The van der Waals surface area contributed by atoms with Gasteiger partial charge >= 0.3 is 0 Å². The molecule has 0 N–H and O–H groups in total. The molecule has 2 nitrogen and oxygen atoms in total. The third-order valence-electron chi connectivity index (χ3n) is 3.26. The number of benzene rings is 1. The first kappa shape index (κ1) is 13.8. The molecule has 0 saturated heterocycles. The molecule has 0 spiro atoms. The van der Waals surface area contributed by atoms with E-state index in [0.29, 0.717) is 22.7 Å². The van der Waals surface area contributed by atoms with E-state index in [1.54, 1.807) is 17.8 Å². The van der Waals surface area contributed by atoms with E-state index in [-0.39, 0.29) is 11.6 Å². The highest BCUT2D eigenvalue weighted by atomic mass is 32.2. The minimum absolute atomic E-state index is 0.0924. The third kappa shape index (κ3) is 2.40. The minimum Gasteiger partial charge on any atom is -0.292 e. The fourth-order valence-electron chi connectivity index (χ4n) is 2.36. The van der Waals surface area contributed by atoms with Crippen molar-refractivity contribution < 1.29 is 9.18 Å². The summed E-state index contributed by atoms with van der Waals surface area (Å²) in [6.07, 6.45) is 2.31. The van der Waals surface area contributed by atoms with Crippen LogP contribution < -0.4 is 0 Å². The van der Waals surface area contributed by atoms with E-state index >= 15 is 0 Å². The number of thioether (sulfide) groups is 1. The number of halogens is 1. The molecule has 0 unspecified atom stereocenters. The van der Waals surface area contributed by atoms with Crippen LogP contribution in [0.25, 0.3) is 10.6 Å². The molecule has 0 amide bonds. The molecule has 3 rings (SSSR count). The van der Waals surface area contributed by atoms with Crippen LogP contribution in [0.1, 0.15) is 35.1 Å². The molecule has 1 aliphatic carbocycles.